The van der Waals surface area contributed by atoms with E-state index in [0.29, 0.717) is 40.2 Å². The van der Waals surface area contributed by atoms with Crippen LogP contribution in [0.15, 0.2) is 71.9 Å². The fourth-order valence-electron chi connectivity index (χ4n) is 5.52. The molecule has 0 unspecified atom stereocenters. The van der Waals surface area contributed by atoms with E-state index < -0.39 is 0 Å². The van der Waals surface area contributed by atoms with Crippen LogP contribution in [0, 0.1) is 6.92 Å². The zero-order valence-corrected chi connectivity index (χ0v) is 24.2. The maximum absolute atomic E-state index is 13.6. The van der Waals surface area contributed by atoms with Crippen LogP contribution in [0.3, 0.4) is 0 Å². The first-order chi connectivity index (χ1) is 19.9. The van der Waals surface area contributed by atoms with Crippen molar-refractivity contribution in [1.82, 2.24) is 29.4 Å². The van der Waals surface area contributed by atoms with E-state index in [-0.39, 0.29) is 5.56 Å². The summed E-state index contributed by atoms with van der Waals surface area (Å²) in [6.07, 6.45) is 5.65. The molecule has 1 aliphatic rings. The standard InChI is InChI=1S/C32H32ClN7O/c1-4-40-30-24(16-27(31(40)41)26-10-7-23(17-28(26)33)29-15-20(2)35-19-36-29)18-34-32(38-30)37-25-8-5-21(6-9-25)22-11-13-39(3)14-12-22/h5-10,15-19,22H,4,11-14H2,1-3H3,(H,34,37,38). The molecule has 5 aromatic rings. The van der Waals surface area contributed by atoms with Crippen molar-refractivity contribution in [2.75, 3.05) is 25.5 Å². The van der Waals surface area contributed by atoms with Gasteiger partial charge < -0.3 is 10.2 Å². The highest BCUT2D eigenvalue weighted by atomic mass is 35.5. The van der Waals surface area contributed by atoms with Gasteiger partial charge in [0.1, 0.15) is 12.0 Å². The minimum atomic E-state index is -0.153. The van der Waals surface area contributed by atoms with Crippen LogP contribution in [0.5, 0.6) is 0 Å². The molecule has 0 radical (unpaired) electrons. The average Bonchev–Trinajstić information content (AvgIpc) is 2.98. The Labute approximate surface area is 244 Å². The Morgan fingerprint density at radius 3 is 2.46 bits per heavy atom. The number of nitrogens with zero attached hydrogens (tertiary/aromatic N) is 6. The van der Waals surface area contributed by atoms with Crippen molar-refractivity contribution in [3.63, 3.8) is 0 Å². The summed E-state index contributed by atoms with van der Waals surface area (Å²) in [6, 6.07) is 17.9. The Kier molecular flexibility index (Phi) is 7.51. The molecule has 9 heteroatoms. The minimum absolute atomic E-state index is 0.153. The maximum Gasteiger partial charge on any atom is 0.260 e. The second-order valence-corrected chi connectivity index (χ2v) is 11.1. The lowest BCUT2D eigenvalue weighted by atomic mass is 9.89. The lowest BCUT2D eigenvalue weighted by molar-refractivity contribution is 0.255. The van der Waals surface area contributed by atoms with Crippen LogP contribution in [-0.4, -0.2) is 49.5 Å². The lowest BCUT2D eigenvalue weighted by Crippen LogP contribution is -2.29. The Bertz CT molecular complexity index is 1780. The molecule has 2 aromatic carbocycles. The molecule has 0 atom stereocenters. The van der Waals surface area contributed by atoms with Gasteiger partial charge in [-0.25, -0.2) is 15.0 Å². The Balaban J connectivity index is 1.28. The van der Waals surface area contributed by atoms with Gasteiger partial charge in [0.25, 0.3) is 5.56 Å². The first kappa shape index (κ1) is 27.1. The van der Waals surface area contributed by atoms with Gasteiger partial charge in [-0.3, -0.25) is 9.36 Å². The van der Waals surface area contributed by atoms with Gasteiger partial charge in [-0.05, 0) is 88.6 Å². The van der Waals surface area contributed by atoms with Crippen LogP contribution in [0.25, 0.3) is 33.4 Å². The smallest absolute Gasteiger partial charge is 0.260 e. The molecule has 1 N–H and O–H groups in total. The number of nitrogens with one attached hydrogen (secondary N) is 1. The molecule has 0 amide bonds. The summed E-state index contributed by atoms with van der Waals surface area (Å²) >= 11 is 6.72. The predicted molar refractivity (Wildman–Crippen MR) is 165 cm³/mol. The van der Waals surface area contributed by atoms with Crippen LogP contribution in [0.2, 0.25) is 5.02 Å². The molecule has 1 fully saturated rings. The van der Waals surface area contributed by atoms with Crippen LogP contribution in [-0.2, 0) is 6.54 Å². The van der Waals surface area contributed by atoms with Crippen LogP contribution in [0.1, 0.15) is 36.9 Å². The van der Waals surface area contributed by atoms with Gasteiger partial charge >= 0.3 is 0 Å². The molecule has 3 aromatic heterocycles. The van der Waals surface area contributed by atoms with E-state index in [1.807, 2.05) is 44.2 Å². The van der Waals surface area contributed by atoms with Gasteiger partial charge in [-0.2, -0.15) is 4.98 Å². The summed E-state index contributed by atoms with van der Waals surface area (Å²) in [4.78, 5) is 33.8. The lowest BCUT2D eigenvalue weighted by Gasteiger charge is -2.29. The van der Waals surface area contributed by atoms with E-state index in [9.17, 15) is 4.79 Å². The second-order valence-electron chi connectivity index (χ2n) is 10.6. The van der Waals surface area contributed by atoms with Crippen molar-refractivity contribution in [2.45, 2.75) is 39.2 Å². The number of aromatic nitrogens is 5. The van der Waals surface area contributed by atoms with E-state index >= 15 is 0 Å². The van der Waals surface area contributed by atoms with Gasteiger partial charge in [-0.15, -0.1) is 0 Å². The average molecular weight is 566 g/mol. The molecule has 41 heavy (non-hydrogen) atoms. The molecular weight excluding hydrogens is 534 g/mol. The van der Waals surface area contributed by atoms with Crippen molar-refractivity contribution in [3.8, 4) is 22.4 Å². The number of hydrogen-bond donors (Lipinski definition) is 1. The number of fused-ring (bicyclic) bond motifs is 1. The second kappa shape index (κ2) is 11.4. The summed E-state index contributed by atoms with van der Waals surface area (Å²) < 4.78 is 1.67. The van der Waals surface area contributed by atoms with E-state index in [4.69, 9.17) is 16.6 Å². The maximum atomic E-state index is 13.6. The Morgan fingerprint density at radius 2 is 1.76 bits per heavy atom. The normalized spacial score (nSPS) is 14.4. The highest BCUT2D eigenvalue weighted by molar-refractivity contribution is 6.33. The number of pyridine rings is 1. The number of hydrogen-bond acceptors (Lipinski definition) is 7. The zero-order chi connectivity index (χ0) is 28.5. The van der Waals surface area contributed by atoms with Crippen LogP contribution in [0.4, 0.5) is 11.6 Å². The number of anilines is 2. The highest BCUT2D eigenvalue weighted by Crippen LogP contribution is 2.32. The van der Waals surface area contributed by atoms with Crippen LogP contribution >= 0.6 is 11.6 Å². The van der Waals surface area contributed by atoms with Gasteiger partial charge in [0.2, 0.25) is 5.95 Å². The molecule has 8 nitrogen and oxygen atoms in total. The fraction of sp³-hybridized carbons (Fsp3) is 0.281. The molecule has 0 saturated carbocycles. The van der Waals surface area contributed by atoms with Crippen molar-refractivity contribution in [2.24, 2.45) is 0 Å². The van der Waals surface area contributed by atoms with Crippen molar-refractivity contribution in [3.05, 3.63) is 93.8 Å². The van der Waals surface area contributed by atoms with Crippen LogP contribution < -0.4 is 10.9 Å². The number of benzene rings is 2. The SMILES string of the molecule is CCn1c(=O)c(-c2ccc(-c3cc(C)ncn3)cc2Cl)cc2cnc(Nc3ccc(C4CCN(C)CC4)cc3)nc21. The molecule has 0 spiro atoms. The molecule has 1 aliphatic heterocycles. The molecule has 4 heterocycles. The first-order valence-corrected chi connectivity index (χ1v) is 14.3. The topological polar surface area (TPSA) is 88.8 Å². The molecule has 0 bridgehead atoms. The number of halogens is 1. The van der Waals surface area contributed by atoms with E-state index in [1.165, 1.54) is 24.7 Å². The molecule has 0 aliphatic carbocycles. The number of likely N-dealkylation sites (tertiary alicyclic amines) is 1. The summed E-state index contributed by atoms with van der Waals surface area (Å²) in [6.45, 7) is 6.58. The monoisotopic (exact) mass is 565 g/mol. The third-order valence-electron chi connectivity index (χ3n) is 7.86. The van der Waals surface area contributed by atoms with Crippen molar-refractivity contribution >= 4 is 34.3 Å². The Morgan fingerprint density at radius 1 is 0.976 bits per heavy atom. The molecule has 6 rings (SSSR count). The van der Waals surface area contributed by atoms with E-state index in [2.05, 4.69) is 56.5 Å². The summed E-state index contributed by atoms with van der Waals surface area (Å²) in [5.41, 5.74) is 6.37. The minimum Gasteiger partial charge on any atom is -0.324 e. The van der Waals surface area contributed by atoms with Gasteiger partial charge in [0.05, 0.1) is 5.69 Å². The largest absolute Gasteiger partial charge is 0.324 e. The van der Waals surface area contributed by atoms with E-state index in [1.54, 1.807) is 10.8 Å². The Hall–Kier alpha value is -4.14. The van der Waals surface area contributed by atoms with Crippen molar-refractivity contribution < 1.29 is 0 Å². The zero-order valence-electron chi connectivity index (χ0n) is 23.4. The third-order valence-corrected chi connectivity index (χ3v) is 8.17. The van der Waals surface area contributed by atoms with Gasteiger partial charge in [0.15, 0.2) is 0 Å². The molecule has 208 valence electrons. The molecular formula is C32H32ClN7O. The quantitative estimate of drug-likeness (QED) is 0.253. The van der Waals surface area contributed by atoms with E-state index in [0.717, 1.165) is 41.1 Å². The highest BCUT2D eigenvalue weighted by Gasteiger charge is 2.19. The summed E-state index contributed by atoms with van der Waals surface area (Å²) in [5, 5.41) is 4.54. The van der Waals surface area contributed by atoms with Crippen molar-refractivity contribution in [1.29, 1.82) is 0 Å². The summed E-state index contributed by atoms with van der Waals surface area (Å²) in [7, 11) is 2.18. The number of aryl methyl sites for hydroxylation is 2. The first-order valence-electron chi connectivity index (χ1n) is 13.9. The number of piperidine rings is 1. The third kappa shape index (κ3) is 5.58. The van der Waals surface area contributed by atoms with Gasteiger partial charge in [-0.1, -0.05) is 35.9 Å². The summed E-state index contributed by atoms with van der Waals surface area (Å²) in [5.74, 6) is 1.05. The molecule has 1 saturated heterocycles. The van der Waals surface area contributed by atoms with Gasteiger partial charge in [0, 0.05) is 51.2 Å². The number of rotatable bonds is 6. The predicted octanol–water partition coefficient (Wildman–Crippen LogP) is 6.45. The fourth-order valence-corrected chi connectivity index (χ4v) is 5.80.